The van der Waals surface area contributed by atoms with E-state index in [2.05, 4.69) is 68.5 Å². The Morgan fingerprint density at radius 1 is 0.567 bits per heavy atom. The van der Waals surface area contributed by atoms with Crippen molar-refractivity contribution in [3.05, 3.63) is 97.2 Å². The monoisotopic (exact) mass is 967 g/mol. The summed E-state index contributed by atoms with van der Waals surface area (Å²) in [6.07, 6.45) is 32.0. The van der Waals surface area contributed by atoms with Crippen molar-refractivity contribution in [2.75, 3.05) is 13.2 Å². The van der Waals surface area contributed by atoms with E-state index >= 15 is 0 Å². The molecule has 0 amide bonds. The SMILES string of the molecule is CC/C=C\C/C=C\C/C=C\C/C=C\CCCCCCCCC(=O)OC[C@H](COP(=O)(O)OC1[C@H](O)[C@H](O)C(O)[C@H](O)[C@H]1O)OC(=O)CCC[C@@H](O)\C=C/C=C/C=C/[C@@H](O)C/C=C\CCCCC. The third-order valence-electron chi connectivity index (χ3n) is 10.6. The Morgan fingerprint density at radius 3 is 1.69 bits per heavy atom. The Balaban J connectivity index is 2.57. The van der Waals surface area contributed by atoms with Gasteiger partial charge in [-0.15, -0.1) is 0 Å². The van der Waals surface area contributed by atoms with Crippen molar-refractivity contribution in [2.45, 2.75) is 197 Å². The predicted molar refractivity (Wildman–Crippen MR) is 260 cm³/mol. The van der Waals surface area contributed by atoms with Gasteiger partial charge in [0.05, 0.1) is 18.8 Å². The average molecular weight is 967 g/mol. The van der Waals surface area contributed by atoms with Crippen molar-refractivity contribution in [2.24, 2.45) is 0 Å². The number of phosphoric ester groups is 1. The number of carbonyl (C=O) groups is 2. The minimum Gasteiger partial charge on any atom is -0.462 e. The van der Waals surface area contributed by atoms with E-state index in [0.29, 0.717) is 12.8 Å². The van der Waals surface area contributed by atoms with Crippen LogP contribution < -0.4 is 0 Å². The lowest BCUT2D eigenvalue weighted by molar-refractivity contribution is -0.220. The van der Waals surface area contributed by atoms with E-state index < -0.39 is 87.9 Å². The van der Waals surface area contributed by atoms with Gasteiger partial charge in [0.25, 0.3) is 0 Å². The molecule has 0 radical (unpaired) electrons. The summed E-state index contributed by atoms with van der Waals surface area (Å²) in [5.74, 6) is -1.37. The molecule has 1 rings (SSSR count). The largest absolute Gasteiger partial charge is 0.472 e. The molecule has 0 aromatic heterocycles. The van der Waals surface area contributed by atoms with Gasteiger partial charge >= 0.3 is 19.8 Å². The highest BCUT2D eigenvalue weighted by atomic mass is 31.2. The zero-order valence-electron chi connectivity index (χ0n) is 39.9. The molecule has 0 aromatic rings. The molecule has 1 aliphatic carbocycles. The molecule has 1 fully saturated rings. The first kappa shape index (κ1) is 61.7. The van der Waals surface area contributed by atoms with Crippen LogP contribution in [0.1, 0.15) is 142 Å². The van der Waals surface area contributed by atoms with Gasteiger partial charge in [-0.1, -0.05) is 150 Å². The molecular formula is C51H83O15P. The third-order valence-corrected chi connectivity index (χ3v) is 11.6. The number of rotatable bonds is 38. The van der Waals surface area contributed by atoms with Gasteiger partial charge in [0.1, 0.15) is 43.2 Å². The Kier molecular flexibility index (Phi) is 36.4. The molecule has 0 aromatic carbocycles. The van der Waals surface area contributed by atoms with Crippen LogP contribution in [0, 0.1) is 0 Å². The minimum absolute atomic E-state index is 0.0920. The van der Waals surface area contributed by atoms with E-state index in [0.717, 1.165) is 83.5 Å². The quantitative estimate of drug-likeness (QED) is 0.00968. The molecule has 0 bridgehead atoms. The normalized spacial score (nSPS) is 23.0. The van der Waals surface area contributed by atoms with Crippen LogP contribution in [-0.4, -0.2) is 121 Å². The van der Waals surface area contributed by atoms with Gasteiger partial charge in [0, 0.05) is 12.8 Å². The van der Waals surface area contributed by atoms with Gasteiger partial charge in [0.2, 0.25) is 0 Å². The molecule has 10 atom stereocenters. The van der Waals surface area contributed by atoms with Crippen molar-refractivity contribution in [3.63, 3.8) is 0 Å². The smallest absolute Gasteiger partial charge is 0.462 e. The van der Waals surface area contributed by atoms with E-state index in [4.69, 9.17) is 18.5 Å². The molecule has 3 unspecified atom stereocenters. The molecule has 1 saturated carbocycles. The van der Waals surface area contributed by atoms with Crippen molar-refractivity contribution >= 4 is 19.8 Å². The second-order valence-electron chi connectivity index (χ2n) is 16.6. The minimum atomic E-state index is -5.20. The van der Waals surface area contributed by atoms with Crippen LogP contribution in [-0.2, 0) is 32.7 Å². The zero-order chi connectivity index (χ0) is 49.5. The highest BCUT2D eigenvalue weighted by Crippen LogP contribution is 2.47. The first-order valence-corrected chi connectivity index (χ1v) is 25.8. The summed E-state index contributed by atoms with van der Waals surface area (Å²) in [7, 11) is -5.20. The number of allylic oxidation sites excluding steroid dienone is 13. The van der Waals surface area contributed by atoms with Crippen molar-refractivity contribution in [1.29, 1.82) is 0 Å². The van der Waals surface area contributed by atoms with Gasteiger partial charge in [0.15, 0.2) is 6.10 Å². The van der Waals surface area contributed by atoms with Gasteiger partial charge in [-0.25, -0.2) is 4.57 Å². The van der Waals surface area contributed by atoms with E-state index in [1.165, 1.54) is 12.5 Å². The molecule has 15 nitrogen and oxygen atoms in total. The van der Waals surface area contributed by atoms with Gasteiger partial charge in [-0.05, 0) is 77.0 Å². The number of aliphatic hydroxyl groups excluding tert-OH is 7. The molecule has 0 heterocycles. The third kappa shape index (κ3) is 32.2. The van der Waals surface area contributed by atoms with E-state index in [-0.39, 0.29) is 25.7 Å². The average Bonchev–Trinajstić information content (AvgIpc) is 3.30. The lowest BCUT2D eigenvalue weighted by atomic mass is 9.85. The van der Waals surface area contributed by atoms with Gasteiger partial charge in [-0.3, -0.25) is 18.6 Å². The van der Waals surface area contributed by atoms with E-state index in [1.807, 2.05) is 6.08 Å². The number of esters is 2. The highest BCUT2D eigenvalue weighted by molar-refractivity contribution is 7.47. The molecule has 8 N–H and O–H groups in total. The molecule has 0 aliphatic heterocycles. The summed E-state index contributed by atoms with van der Waals surface area (Å²) in [6, 6.07) is 0. The summed E-state index contributed by atoms with van der Waals surface area (Å²) < 4.78 is 33.4. The number of phosphoric acid groups is 1. The number of carbonyl (C=O) groups excluding carboxylic acids is 2. The van der Waals surface area contributed by atoms with Crippen LogP contribution in [0.3, 0.4) is 0 Å². The van der Waals surface area contributed by atoms with Crippen LogP contribution in [0.4, 0.5) is 0 Å². The van der Waals surface area contributed by atoms with Crippen molar-refractivity contribution in [1.82, 2.24) is 0 Å². The van der Waals surface area contributed by atoms with Crippen LogP contribution in [0.5, 0.6) is 0 Å². The summed E-state index contributed by atoms with van der Waals surface area (Å²) in [4.78, 5) is 35.8. The first-order chi connectivity index (χ1) is 32.2. The highest BCUT2D eigenvalue weighted by Gasteiger charge is 2.51. The molecular weight excluding hydrogens is 884 g/mol. The zero-order valence-corrected chi connectivity index (χ0v) is 40.8. The Labute approximate surface area is 399 Å². The maximum Gasteiger partial charge on any atom is 0.472 e. The fraction of sp³-hybridized carbons (Fsp3) is 0.647. The summed E-state index contributed by atoms with van der Waals surface area (Å²) in [6.45, 7) is 2.90. The second-order valence-corrected chi connectivity index (χ2v) is 18.0. The summed E-state index contributed by atoms with van der Waals surface area (Å²) >= 11 is 0. The Bertz CT molecular complexity index is 1570. The lowest BCUT2D eigenvalue weighted by Crippen LogP contribution is -2.64. The van der Waals surface area contributed by atoms with Crippen LogP contribution in [0.15, 0.2) is 97.2 Å². The van der Waals surface area contributed by atoms with E-state index in [1.54, 1.807) is 30.4 Å². The fourth-order valence-corrected chi connectivity index (χ4v) is 7.62. The summed E-state index contributed by atoms with van der Waals surface area (Å²) in [5, 5.41) is 70.6. The molecule has 0 spiro atoms. The Morgan fingerprint density at radius 2 is 1.07 bits per heavy atom. The predicted octanol–water partition coefficient (Wildman–Crippen LogP) is 7.77. The van der Waals surface area contributed by atoms with Crippen molar-refractivity contribution < 1.29 is 73.3 Å². The molecule has 16 heteroatoms. The molecule has 1 aliphatic rings. The number of unbranched alkanes of at least 4 members (excludes halogenated alkanes) is 9. The number of hydrogen-bond donors (Lipinski definition) is 8. The van der Waals surface area contributed by atoms with E-state index in [9.17, 15) is 54.8 Å². The summed E-state index contributed by atoms with van der Waals surface area (Å²) in [5.41, 5.74) is 0. The standard InChI is InChI=1S/C51H83O15P/c1-3-5-7-9-11-12-13-14-15-16-17-18-19-20-21-22-23-25-31-37-44(54)63-39-43(40-64-67(61,62)66-51-49(59)47(57)46(56)48(58)50(51)60)65-45(55)38-32-36-42(53)35-30-27-26-29-34-41(52)33-28-24-10-8-6-4-2/h5,7,11-12,14-15,17-18,24,26-30,34-35,41-43,46-53,56-60H,3-4,6,8-10,13,16,19-23,25,31-33,36-40H2,1-2H3,(H,61,62)/b7-5-,12-11-,15-14-,18-17-,27-26+,28-24-,34-29+,35-30-/t41-,42-,43+,46?,47-,48+,49+,50+,51?/m0/s1. The maximum atomic E-state index is 12.8. The fourth-order valence-electron chi connectivity index (χ4n) is 6.65. The Hall–Kier alpha value is -3.31. The lowest BCUT2D eigenvalue weighted by Gasteiger charge is -2.41. The van der Waals surface area contributed by atoms with Crippen molar-refractivity contribution in [3.8, 4) is 0 Å². The maximum absolute atomic E-state index is 12.8. The van der Waals surface area contributed by atoms with Crippen LogP contribution in [0.2, 0.25) is 0 Å². The molecule has 67 heavy (non-hydrogen) atoms. The number of hydrogen-bond acceptors (Lipinski definition) is 14. The van der Waals surface area contributed by atoms with Gasteiger partial charge < -0.3 is 50.1 Å². The first-order valence-electron chi connectivity index (χ1n) is 24.3. The topological polar surface area (TPSA) is 250 Å². The van der Waals surface area contributed by atoms with Crippen LogP contribution in [0.25, 0.3) is 0 Å². The van der Waals surface area contributed by atoms with Gasteiger partial charge in [-0.2, -0.15) is 0 Å². The second kappa shape index (κ2) is 39.5. The molecule has 0 saturated heterocycles. The van der Waals surface area contributed by atoms with Crippen LogP contribution >= 0.6 is 7.82 Å². The number of aliphatic hydroxyl groups is 7. The molecule has 382 valence electrons. The number of ether oxygens (including phenoxy) is 2.